The monoisotopic (exact) mass is 268 g/mol. The summed E-state index contributed by atoms with van der Waals surface area (Å²) in [6, 6.07) is 10.4. The van der Waals surface area contributed by atoms with Crippen LogP contribution in [0.15, 0.2) is 36.5 Å². The van der Waals surface area contributed by atoms with Gasteiger partial charge < -0.3 is 15.8 Å². The zero-order valence-electron chi connectivity index (χ0n) is 10.8. The first-order valence-corrected chi connectivity index (χ1v) is 5.75. The van der Waals surface area contributed by atoms with E-state index in [0.717, 1.165) is 5.69 Å². The second kappa shape index (κ2) is 5.71. The molecule has 20 heavy (non-hydrogen) atoms. The molecule has 1 aromatic heterocycles. The van der Waals surface area contributed by atoms with Gasteiger partial charge in [-0.1, -0.05) is 0 Å². The standard InChI is InChI=1S/C14H12N4O2/c1-20-14(19)11-6-13(17-8-12(11)16)18-10-4-2-9(7-15)3-5-10/h2-6,8H,16H2,1H3,(H,17,18). The van der Waals surface area contributed by atoms with Crippen molar-refractivity contribution in [2.24, 2.45) is 0 Å². The van der Waals surface area contributed by atoms with Gasteiger partial charge in [0.2, 0.25) is 0 Å². The van der Waals surface area contributed by atoms with Crippen molar-refractivity contribution in [3.63, 3.8) is 0 Å². The number of ether oxygens (including phenoxy) is 1. The summed E-state index contributed by atoms with van der Waals surface area (Å²) >= 11 is 0. The molecule has 0 radical (unpaired) electrons. The van der Waals surface area contributed by atoms with Crippen LogP contribution in [0.25, 0.3) is 0 Å². The van der Waals surface area contributed by atoms with Crippen molar-refractivity contribution < 1.29 is 9.53 Å². The number of nitrogens with two attached hydrogens (primary N) is 1. The number of nitrogen functional groups attached to an aromatic ring is 1. The molecule has 0 saturated heterocycles. The molecule has 0 spiro atoms. The van der Waals surface area contributed by atoms with Gasteiger partial charge >= 0.3 is 5.97 Å². The minimum Gasteiger partial charge on any atom is -0.465 e. The Bertz CT molecular complexity index is 675. The van der Waals surface area contributed by atoms with Crippen LogP contribution in [0, 0.1) is 11.3 Å². The van der Waals surface area contributed by atoms with Crippen LogP contribution in [-0.2, 0) is 4.74 Å². The number of pyridine rings is 1. The number of nitriles is 1. The zero-order chi connectivity index (χ0) is 14.5. The number of hydrogen-bond acceptors (Lipinski definition) is 6. The number of esters is 1. The van der Waals surface area contributed by atoms with E-state index >= 15 is 0 Å². The Kier molecular flexibility index (Phi) is 3.82. The third-order valence-corrected chi connectivity index (χ3v) is 2.63. The number of methoxy groups -OCH3 is 1. The molecule has 6 heteroatoms. The van der Waals surface area contributed by atoms with Crippen LogP contribution >= 0.6 is 0 Å². The summed E-state index contributed by atoms with van der Waals surface area (Å²) in [5, 5.41) is 11.7. The van der Waals surface area contributed by atoms with E-state index in [2.05, 4.69) is 15.0 Å². The van der Waals surface area contributed by atoms with E-state index in [4.69, 9.17) is 11.0 Å². The molecular weight excluding hydrogens is 256 g/mol. The molecule has 3 N–H and O–H groups in total. The van der Waals surface area contributed by atoms with Gasteiger partial charge in [-0.15, -0.1) is 0 Å². The molecule has 0 unspecified atom stereocenters. The lowest BCUT2D eigenvalue weighted by Crippen LogP contribution is -2.07. The Labute approximate surface area is 115 Å². The number of hydrogen-bond donors (Lipinski definition) is 2. The smallest absolute Gasteiger partial charge is 0.340 e. The number of carbonyl (C=O) groups is 1. The van der Waals surface area contributed by atoms with Gasteiger partial charge in [0.1, 0.15) is 5.82 Å². The summed E-state index contributed by atoms with van der Waals surface area (Å²) in [4.78, 5) is 15.6. The first kappa shape index (κ1) is 13.4. The quantitative estimate of drug-likeness (QED) is 0.826. The summed E-state index contributed by atoms with van der Waals surface area (Å²) in [6.45, 7) is 0. The highest BCUT2D eigenvalue weighted by Gasteiger charge is 2.11. The van der Waals surface area contributed by atoms with Crippen LogP contribution in [0.3, 0.4) is 0 Å². The molecule has 1 heterocycles. The van der Waals surface area contributed by atoms with Gasteiger partial charge in [0.15, 0.2) is 0 Å². The molecule has 0 fully saturated rings. The van der Waals surface area contributed by atoms with Gasteiger partial charge in [-0.05, 0) is 30.3 Å². The van der Waals surface area contributed by atoms with E-state index in [1.165, 1.54) is 19.4 Å². The predicted molar refractivity (Wildman–Crippen MR) is 74.4 cm³/mol. The Balaban J connectivity index is 2.25. The lowest BCUT2D eigenvalue weighted by Gasteiger charge is -2.08. The number of benzene rings is 1. The summed E-state index contributed by atoms with van der Waals surface area (Å²) in [6.07, 6.45) is 1.39. The van der Waals surface area contributed by atoms with E-state index in [9.17, 15) is 4.79 Å². The number of carbonyl (C=O) groups excluding carboxylic acids is 1. The Morgan fingerprint density at radius 1 is 1.40 bits per heavy atom. The van der Waals surface area contributed by atoms with E-state index in [-0.39, 0.29) is 11.3 Å². The van der Waals surface area contributed by atoms with E-state index < -0.39 is 5.97 Å². The maximum atomic E-state index is 11.5. The van der Waals surface area contributed by atoms with Gasteiger partial charge in [-0.25, -0.2) is 9.78 Å². The van der Waals surface area contributed by atoms with E-state index in [0.29, 0.717) is 11.4 Å². The Hall–Kier alpha value is -3.07. The summed E-state index contributed by atoms with van der Waals surface area (Å²) < 4.78 is 4.64. The maximum absolute atomic E-state index is 11.5. The molecule has 0 bridgehead atoms. The molecule has 2 rings (SSSR count). The molecule has 0 aliphatic rings. The number of nitrogens with zero attached hydrogens (tertiary/aromatic N) is 2. The summed E-state index contributed by atoms with van der Waals surface area (Å²) in [5.74, 6) is -0.0583. The fourth-order valence-corrected chi connectivity index (χ4v) is 1.60. The molecule has 0 aliphatic heterocycles. The highest BCUT2D eigenvalue weighted by Crippen LogP contribution is 2.20. The fourth-order valence-electron chi connectivity index (χ4n) is 1.60. The normalized spacial score (nSPS) is 9.60. The minimum atomic E-state index is -0.521. The van der Waals surface area contributed by atoms with Crippen molar-refractivity contribution in [3.8, 4) is 6.07 Å². The molecule has 0 amide bonds. The second-order valence-corrected chi connectivity index (χ2v) is 3.96. The number of anilines is 3. The average Bonchev–Trinajstić information content (AvgIpc) is 2.49. The Morgan fingerprint density at radius 3 is 2.70 bits per heavy atom. The molecule has 6 nitrogen and oxygen atoms in total. The van der Waals surface area contributed by atoms with Crippen molar-refractivity contribution in [1.82, 2.24) is 4.98 Å². The van der Waals surface area contributed by atoms with Crippen LogP contribution in [0.1, 0.15) is 15.9 Å². The third-order valence-electron chi connectivity index (χ3n) is 2.63. The van der Waals surface area contributed by atoms with Crippen molar-refractivity contribution in [2.75, 3.05) is 18.2 Å². The number of rotatable bonds is 3. The highest BCUT2D eigenvalue weighted by atomic mass is 16.5. The van der Waals surface area contributed by atoms with Gasteiger partial charge in [-0.2, -0.15) is 5.26 Å². The first-order chi connectivity index (χ1) is 9.63. The van der Waals surface area contributed by atoms with E-state index in [1.807, 2.05) is 6.07 Å². The largest absolute Gasteiger partial charge is 0.465 e. The minimum absolute atomic E-state index is 0.249. The van der Waals surface area contributed by atoms with Gasteiger partial charge in [-0.3, -0.25) is 0 Å². The molecule has 0 atom stereocenters. The van der Waals surface area contributed by atoms with Gasteiger partial charge in [0.05, 0.1) is 36.2 Å². The van der Waals surface area contributed by atoms with Crippen LogP contribution < -0.4 is 11.1 Å². The van der Waals surface area contributed by atoms with Crippen LogP contribution in [0.2, 0.25) is 0 Å². The second-order valence-electron chi connectivity index (χ2n) is 3.96. The lowest BCUT2D eigenvalue weighted by molar-refractivity contribution is 0.0602. The zero-order valence-corrected chi connectivity index (χ0v) is 10.8. The van der Waals surface area contributed by atoms with Crippen molar-refractivity contribution >= 4 is 23.2 Å². The topological polar surface area (TPSA) is 101 Å². The van der Waals surface area contributed by atoms with Crippen molar-refractivity contribution in [3.05, 3.63) is 47.7 Å². The molecular formula is C14H12N4O2. The average molecular weight is 268 g/mol. The lowest BCUT2D eigenvalue weighted by atomic mass is 10.2. The van der Waals surface area contributed by atoms with Gasteiger partial charge in [0, 0.05) is 5.69 Å². The fraction of sp³-hybridized carbons (Fsp3) is 0.0714. The number of aromatic nitrogens is 1. The highest BCUT2D eigenvalue weighted by molar-refractivity contribution is 5.95. The Morgan fingerprint density at radius 2 is 2.10 bits per heavy atom. The SMILES string of the molecule is COC(=O)c1cc(Nc2ccc(C#N)cc2)ncc1N. The van der Waals surface area contributed by atoms with Crippen molar-refractivity contribution in [1.29, 1.82) is 5.26 Å². The molecule has 100 valence electrons. The number of nitrogens with one attached hydrogen (secondary N) is 1. The molecule has 0 aliphatic carbocycles. The van der Waals surface area contributed by atoms with Crippen LogP contribution in [0.4, 0.5) is 17.2 Å². The molecule has 1 aromatic carbocycles. The molecule has 2 aromatic rings. The predicted octanol–water partition coefficient (Wildman–Crippen LogP) is 2.07. The van der Waals surface area contributed by atoms with Crippen LogP contribution in [-0.4, -0.2) is 18.1 Å². The van der Waals surface area contributed by atoms with Gasteiger partial charge in [0.25, 0.3) is 0 Å². The van der Waals surface area contributed by atoms with E-state index in [1.54, 1.807) is 24.3 Å². The molecule has 0 saturated carbocycles. The first-order valence-electron chi connectivity index (χ1n) is 5.75. The van der Waals surface area contributed by atoms with Crippen molar-refractivity contribution in [2.45, 2.75) is 0 Å². The summed E-state index contributed by atoms with van der Waals surface area (Å²) in [5.41, 5.74) is 7.48. The summed E-state index contributed by atoms with van der Waals surface area (Å²) in [7, 11) is 1.29. The van der Waals surface area contributed by atoms with Crippen LogP contribution in [0.5, 0.6) is 0 Å². The third kappa shape index (κ3) is 2.84. The maximum Gasteiger partial charge on any atom is 0.340 e.